The van der Waals surface area contributed by atoms with Gasteiger partial charge in [0.15, 0.2) is 16.6 Å². The zero-order chi connectivity index (χ0) is 24.7. The van der Waals surface area contributed by atoms with E-state index < -0.39 is 11.5 Å². The van der Waals surface area contributed by atoms with Gasteiger partial charge in [0, 0.05) is 31.9 Å². The van der Waals surface area contributed by atoms with Crippen molar-refractivity contribution >= 4 is 34.4 Å². The number of anilines is 1. The minimum absolute atomic E-state index is 0.0166. The fraction of sp³-hybridized carbons (Fsp3) is 0.375. The molecule has 0 bridgehead atoms. The van der Waals surface area contributed by atoms with Crippen LogP contribution in [0.25, 0.3) is 16.7 Å². The molecular formula is C24H26ClFN6O2. The fourth-order valence-electron chi connectivity index (χ4n) is 4.39. The molecule has 0 N–H and O–H groups in total. The van der Waals surface area contributed by atoms with Crippen LogP contribution in [0.1, 0.15) is 37.9 Å². The predicted octanol–water partition coefficient (Wildman–Crippen LogP) is 3.62. The summed E-state index contributed by atoms with van der Waals surface area (Å²) in [6, 6.07) is 2.89. The maximum Gasteiger partial charge on any atom is 0.355 e. The summed E-state index contributed by atoms with van der Waals surface area (Å²) in [6.07, 6.45) is 2.97. The molecule has 3 aromatic rings. The van der Waals surface area contributed by atoms with Crippen molar-refractivity contribution in [1.29, 1.82) is 0 Å². The zero-order valence-corrected chi connectivity index (χ0v) is 20.3. The van der Waals surface area contributed by atoms with Crippen LogP contribution < -0.4 is 10.6 Å². The number of pyridine rings is 2. The SMILES string of the molecule is C=CC(=O)N1CCN(c2nc(=O)n(-c3c(C)ccnc3C(C)C)c3nc(Cl)c(F)cc23)C(C)C1. The molecular weight excluding hydrogens is 459 g/mol. The number of fused-ring (bicyclic) bond motifs is 1. The van der Waals surface area contributed by atoms with Gasteiger partial charge >= 0.3 is 5.69 Å². The van der Waals surface area contributed by atoms with E-state index in [0.29, 0.717) is 42.2 Å². The molecule has 178 valence electrons. The Kier molecular flexibility index (Phi) is 6.40. The van der Waals surface area contributed by atoms with E-state index in [1.54, 1.807) is 17.2 Å². The van der Waals surface area contributed by atoms with Crippen molar-refractivity contribution in [3.05, 3.63) is 63.7 Å². The van der Waals surface area contributed by atoms with Crippen LogP contribution in [0.3, 0.4) is 0 Å². The molecule has 34 heavy (non-hydrogen) atoms. The Balaban J connectivity index is 1.96. The maximum atomic E-state index is 14.6. The van der Waals surface area contributed by atoms with Crippen LogP contribution in [-0.4, -0.2) is 56.0 Å². The largest absolute Gasteiger partial charge is 0.355 e. The van der Waals surface area contributed by atoms with Gasteiger partial charge in [-0.15, -0.1) is 0 Å². The van der Waals surface area contributed by atoms with Crippen molar-refractivity contribution < 1.29 is 9.18 Å². The Hall–Kier alpha value is -3.33. The van der Waals surface area contributed by atoms with E-state index in [4.69, 9.17) is 11.6 Å². The lowest BCUT2D eigenvalue weighted by atomic mass is 10.0. The molecule has 1 aliphatic rings. The first-order valence-electron chi connectivity index (χ1n) is 11.1. The highest BCUT2D eigenvalue weighted by Gasteiger charge is 2.30. The van der Waals surface area contributed by atoms with Gasteiger partial charge in [0.2, 0.25) is 5.91 Å². The molecule has 0 spiro atoms. The number of nitrogens with zero attached hydrogens (tertiary/aromatic N) is 6. The molecule has 3 aromatic heterocycles. The highest BCUT2D eigenvalue weighted by molar-refractivity contribution is 6.30. The summed E-state index contributed by atoms with van der Waals surface area (Å²) < 4.78 is 16.0. The fourth-order valence-corrected chi connectivity index (χ4v) is 4.53. The topological polar surface area (TPSA) is 84.2 Å². The minimum Gasteiger partial charge on any atom is -0.350 e. The van der Waals surface area contributed by atoms with E-state index in [2.05, 4.69) is 21.5 Å². The number of carbonyl (C=O) groups is 1. The summed E-state index contributed by atoms with van der Waals surface area (Å²) in [5.41, 5.74) is 1.72. The molecule has 1 amide bonds. The summed E-state index contributed by atoms with van der Waals surface area (Å²) in [6.45, 7) is 12.5. The lowest BCUT2D eigenvalue weighted by molar-refractivity contribution is -0.126. The summed E-state index contributed by atoms with van der Waals surface area (Å²) in [5.74, 6) is -0.539. The van der Waals surface area contributed by atoms with E-state index in [1.165, 1.54) is 16.7 Å². The summed E-state index contributed by atoms with van der Waals surface area (Å²) >= 11 is 6.07. The van der Waals surface area contributed by atoms with Gasteiger partial charge in [-0.3, -0.25) is 9.78 Å². The molecule has 1 fully saturated rings. The van der Waals surface area contributed by atoms with Crippen LogP contribution >= 0.6 is 11.6 Å². The van der Waals surface area contributed by atoms with Crippen molar-refractivity contribution in [3.8, 4) is 5.69 Å². The second-order valence-corrected chi connectivity index (χ2v) is 9.09. The lowest BCUT2D eigenvalue weighted by Gasteiger charge is -2.40. The highest BCUT2D eigenvalue weighted by atomic mass is 35.5. The van der Waals surface area contributed by atoms with Gasteiger partial charge in [0.05, 0.1) is 16.8 Å². The van der Waals surface area contributed by atoms with E-state index in [9.17, 15) is 14.0 Å². The second kappa shape index (κ2) is 9.13. The third-order valence-electron chi connectivity index (χ3n) is 6.07. The van der Waals surface area contributed by atoms with Crippen molar-refractivity contribution in [1.82, 2.24) is 24.4 Å². The smallest absolute Gasteiger partial charge is 0.350 e. The molecule has 4 heterocycles. The van der Waals surface area contributed by atoms with Gasteiger partial charge in [-0.1, -0.05) is 32.0 Å². The molecule has 1 atom stereocenters. The zero-order valence-electron chi connectivity index (χ0n) is 19.5. The van der Waals surface area contributed by atoms with E-state index >= 15 is 0 Å². The third kappa shape index (κ3) is 4.04. The molecule has 0 aromatic carbocycles. The Morgan fingerprint density at radius 1 is 1.32 bits per heavy atom. The number of rotatable bonds is 4. The summed E-state index contributed by atoms with van der Waals surface area (Å²) in [7, 11) is 0. The first kappa shape index (κ1) is 23.8. The first-order chi connectivity index (χ1) is 16.1. The molecule has 1 saturated heterocycles. The maximum absolute atomic E-state index is 14.6. The molecule has 0 saturated carbocycles. The normalized spacial score (nSPS) is 16.4. The number of amides is 1. The summed E-state index contributed by atoms with van der Waals surface area (Å²) in [5, 5.41) is 0.0229. The van der Waals surface area contributed by atoms with Crippen LogP contribution in [0.5, 0.6) is 0 Å². The molecule has 1 unspecified atom stereocenters. The van der Waals surface area contributed by atoms with Gasteiger partial charge < -0.3 is 9.80 Å². The van der Waals surface area contributed by atoms with Crippen LogP contribution in [0, 0.1) is 12.7 Å². The minimum atomic E-state index is -0.706. The van der Waals surface area contributed by atoms with Gasteiger partial charge in [-0.25, -0.2) is 18.7 Å². The number of halogens is 2. The molecule has 1 aliphatic heterocycles. The second-order valence-electron chi connectivity index (χ2n) is 8.73. The van der Waals surface area contributed by atoms with Gasteiger partial charge in [-0.05, 0) is 43.5 Å². The van der Waals surface area contributed by atoms with Crippen molar-refractivity contribution in [2.75, 3.05) is 24.5 Å². The van der Waals surface area contributed by atoms with Gasteiger partial charge in [0.25, 0.3) is 0 Å². The van der Waals surface area contributed by atoms with Crippen molar-refractivity contribution in [3.63, 3.8) is 0 Å². The number of hydrogen-bond donors (Lipinski definition) is 0. The quantitative estimate of drug-likeness (QED) is 0.415. The standard InChI is InChI=1S/C24H26ClFN6O2/c1-6-18(33)30-9-10-31(15(5)12-30)22-16-11-17(26)21(25)28-23(16)32(24(34)29-22)20-14(4)7-8-27-19(20)13(2)3/h6-8,11,13,15H,1,9-10,12H2,2-5H3. The van der Waals surface area contributed by atoms with E-state index in [0.717, 1.165) is 5.56 Å². The van der Waals surface area contributed by atoms with Crippen LogP contribution in [0.4, 0.5) is 10.2 Å². The molecule has 0 radical (unpaired) electrons. The molecule has 8 nitrogen and oxygen atoms in total. The van der Waals surface area contributed by atoms with Gasteiger partial charge in [-0.2, -0.15) is 4.98 Å². The Morgan fingerprint density at radius 3 is 2.71 bits per heavy atom. The Morgan fingerprint density at radius 2 is 2.06 bits per heavy atom. The number of piperazine rings is 1. The number of aromatic nitrogens is 4. The molecule has 10 heteroatoms. The average Bonchev–Trinajstić information content (AvgIpc) is 2.79. The Bertz CT molecular complexity index is 1360. The van der Waals surface area contributed by atoms with Crippen LogP contribution in [0.15, 0.2) is 35.8 Å². The number of hydrogen-bond acceptors (Lipinski definition) is 6. The highest BCUT2D eigenvalue weighted by Crippen LogP contribution is 2.31. The van der Waals surface area contributed by atoms with Crippen LogP contribution in [-0.2, 0) is 4.79 Å². The van der Waals surface area contributed by atoms with Gasteiger partial charge in [0.1, 0.15) is 5.82 Å². The van der Waals surface area contributed by atoms with Crippen molar-refractivity contribution in [2.45, 2.75) is 39.7 Å². The first-order valence-corrected chi connectivity index (χ1v) is 11.4. The van der Waals surface area contributed by atoms with E-state index in [-0.39, 0.29) is 28.7 Å². The third-order valence-corrected chi connectivity index (χ3v) is 6.33. The average molecular weight is 485 g/mol. The van der Waals surface area contributed by atoms with E-state index in [1.807, 2.05) is 32.6 Å². The summed E-state index contributed by atoms with van der Waals surface area (Å²) in [4.78, 5) is 42.3. The van der Waals surface area contributed by atoms with Crippen LogP contribution in [0.2, 0.25) is 5.15 Å². The monoisotopic (exact) mass is 484 g/mol. The number of aryl methyl sites for hydroxylation is 1. The predicted molar refractivity (Wildman–Crippen MR) is 130 cm³/mol. The van der Waals surface area contributed by atoms with Crippen molar-refractivity contribution in [2.24, 2.45) is 0 Å². The lowest BCUT2D eigenvalue weighted by Crippen LogP contribution is -2.54. The molecule has 4 rings (SSSR count). The number of carbonyl (C=O) groups excluding carboxylic acids is 1. The molecule has 0 aliphatic carbocycles. The Labute approximate surface area is 201 Å².